The van der Waals surface area contributed by atoms with E-state index in [1.54, 1.807) is 0 Å². The SMILES string of the molecule is CCCCCC1OC1C/C=C\C/C=C\C/C=C\CCCC(=O)OC[C@@H](O)COC(C)=O. The number of allylic oxidation sites excluding steroid dienone is 5. The monoisotopic (exact) mass is 436 g/mol. The maximum atomic E-state index is 11.6. The molecule has 1 fully saturated rings. The van der Waals surface area contributed by atoms with Crippen molar-refractivity contribution in [2.24, 2.45) is 0 Å². The van der Waals surface area contributed by atoms with Crippen molar-refractivity contribution in [2.75, 3.05) is 13.2 Å². The highest BCUT2D eigenvalue weighted by Crippen LogP contribution is 2.30. The predicted octanol–water partition coefficient (Wildman–Crippen LogP) is 4.81. The molecule has 0 radical (unpaired) electrons. The van der Waals surface area contributed by atoms with Gasteiger partial charge in [-0.25, -0.2) is 0 Å². The van der Waals surface area contributed by atoms with Crippen LogP contribution in [-0.2, 0) is 23.8 Å². The summed E-state index contributed by atoms with van der Waals surface area (Å²) in [5.41, 5.74) is 0. The average Bonchev–Trinajstić information content (AvgIpc) is 3.49. The van der Waals surface area contributed by atoms with Gasteiger partial charge in [0.25, 0.3) is 0 Å². The van der Waals surface area contributed by atoms with Crippen molar-refractivity contribution >= 4 is 11.9 Å². The van der Waals surface area contributed by atoms with E-state index < -0.39 is 12.1 Å². The molecule has 31 heavy (non-hydrogen) atoms. The van der Waals surface area contributed by atoms with E-state index in [1.165, 1.54) is 32.6 Å². The highest BCUT2D eigenvalue weighted by atomic mass is 16.6. The van der Waals surface area contributed by atoms with Gasteiger partial charge in [0.1, 0.15) is 19.3 Å². The molecular weight excluding hydrogens is 396 g/mol. The number of esters is 2. The van der Waals surface area contributed by atoms with Gasteiger partial charge in [-0.2, -0.15) is 0 Å². The standard InChI is InChI=1S/C25H40O6/c1-3-4-13-16-23-24(31-23)17-14-11-9-7-5-6-8-10-12-15-18-25(28)30-20-22(27)19-29-21(2)26/h5,7-8,10-11,14,22-24,27H,3-4,6,9,12-13,15-20H2,1-2H3/b7-5-,10-8-,14-11-/t22-,23?,24?/m0/s1. The van der Waals surface area contributed by atoms with Crippen LogP contribution in [0.25, 0.3) is 0 Å². The highest BCUT2D eigenvalue weighted by molar-refractivity contribution is 5.69. The number of aliphatic hydroxyl groups is 1. The van der Waals surface area contributed by atoms with Gasteiger partial charge in [0.15, 0.2) is 0 Å². The summed E-state index contributed by atoms with van der Waals surface area (Å²) in [4.78, 5) is 22.2. The third kappa shape index (κ3) is 16.4. The molecule has 0 aromatic carbocycles. The molecule has 1 rings (SSSR count). The second-order valence-corrected chi connectivity index (χ2v) is 7.86. The third-order valence-corrected chi connectivity index (χ3v) is 4.86. The maximum Gasteiger partial charge on any atom is 0.305 e. The molecule has 1 heterocycles. The third-order valence-electron chi connectivity index (χ3n) is 4.86. The van der Waals surface area contributed by atoms with Gasteiger partial charge in [-0.1, -0.05) is 62.6 Å². The van der Waals surface area contributed by atoms with Crippen LogP contribution in [0.2, 0.25) is 0 Å². The van der Waals surface area contributed by atoms with Gasteiger partial charge < -0.3 is 19.3 Å². The Morgan fingerprint density at radius 2 is 1.61 bits per heavy atom. The smallest absolute Gasteiger partial charge is 0.305 e. The minimum atomic E-state index is -0.983. The van der Waals surface area contributed by atoms with Crippen LogP contribution < -0.4 is 0 Å². The Labute approximate surface area is 187 Å². The summed E-state index contributed by atoms with van der Waals surface area (Å²) in [7, 11) is 0. The number of hydrogen-bond acceptors (Lipinski definition) is 6. The molecule has 2 unspecified atom stereocenters. The summed E-state index contributed by atoms with van der Waals surface area (Å²) in [6.07, 6.45) is 22.5. The fraction of sp³-hybridized carbons (Fsp3) is 0.680. The Balaban J connectivity index is 1.92. The fourth-order valence-corrected chi connectivity index (χ4v) is 3.01. The number of epoxide rings is 1. The van der Waals surface area contributed by atoms with E-state index in [4.69, 9.17) is 9.47 Å². The molecule has 0 aliphatic carbocycles. The van der Waals surface area contributed by atoms with Gasteiger partial charge in [-0.15, -0.1) is 0 Å². The Morgan fingerprint density at radius 3 is 2.32 bits per heavy atom. The lowest BCUT2D eigenvalue weighted by Gasteiger charge is -2.10. The topological polar surface area (TPSA) is 85.4 Å². The van der Waals surface area contributed by atoms with Crippen LogP contribution in [0.3, 0.4) is 0 Å². The summed E-state index contributed by atoms with van der Waals surface area (Å²) < 4.78 is 15.3. The number of ether oxygens (including phenoxy) is 3. The first-order chi connectivity index (χ1) is 15.0. The summed E-state index contributed by atoms with van der Waals surface area (Å²) in [6, 6.07) is 0. The number of hydrogen-bond donors (Lipinski definition) is 1. The Kier molecular flexibility index (Phi) is 15.5. The van der Waals surface area contributed by atoms with Crippen LogP contribution >= 0.6 is 0 Å². The van der Waals surface area contributed by atoms with Gasteiger partial charge in [-0.05, 0) is 38.5 Å². The summed E-state index contributed by atoms with van der Waals surface area (Å²) >= 11 is 0. The first-order valence-corrected chi connectivity index (χ1v) is 11.6. The lowest BCUT2D eigenvalue weighted by Crippen LogP contribution is -2.24. The van der Waals surface area contributed by atoms with E-state index in [-0.39, 0.29) is 19.2 Å². The van der Waals surface area contributed by atoms with E-state index in [9.17, 15) is 14.7 Å². The molecular formula is C25H40O6. The summed E-state index contributed by atoms with van der Waals surface area (Å²) in [5, 5.41) is 9.50. The number of carbonyl (C=O) groups excluding carboxylic acids is 2. The van der Waals surface area contributed by atoms with Crippen LogP contribution in [0.4, 0.5) is 0 Å². The van der Waals surface area contributed by atoms with Crippen LogP contribution in [0.5, 0.6) is 0 Å². The van der Waals surface area contributed by atoms with E-state index in [0.29, 0.717) is 25.0 Å². The minimum Gasteiger partial charge on any atom is -0.463 e. The van der Waals surface area contributed by atoms with Crippen molar-refractivity contribution in [3.05, 3.63) is 36.5 Å². The molecule has 0 aromatic rings. The van der Waals surface area contributed by atoms with Crippen molar-refractivity contribution in [3.8, 4) is 0 Å². The second kappa shape index (κ2) is 17.7. The Morgan fingerprint density at radius 1 is 0.935 bits per heavy atom. The molecule has 1 N–H and O–H groups in total. The van der Waals surface area contributed by atoms with Gasteiger partial charge in [-0.3, -0.25) is 9.59 Å². The van der Waals surface area contributed by atoms with Crippen LogP contribution in [0, 0.1) is 0 Å². The van der Waals surface area contributed by atoms with E-state index in [2.05, 4.69) is 48.1 Å². The number of carbonyl (C=O) groups is 2. The molecule has 0 saturated carbocycles. The molecule has 0 aromatic heterocycles. The van der Waals surface area contributed by atoms with Gasteiger partial charge in [0, 0.05) is 13.3 Å². The first kappa shape index (κ1) is 27.1. The molecule has 176 valence electrons. The van der Waals surface area contributed by atoms with Crippen molar-refractivity contribution in [2.45, 2.75) is 96.4 Å². The van der Waals surface area contributed by atoms with Crippen LogP contribution in [-0.4, -0.2) is 48.6 Å². The van der Waals surface area contributed by atoms with Crippen LogP contribution in [0.15, 0.2) is 36.5 Å². The number of aliphatic hydroxyl groups excluding tert-OH is 1. The van der Waals surface area contributed by atoms with E-state index >= 15 is 0 Å². The van der Waals surface area contributed by atoms with Crippen molar-refractivity contribution in [1.82, 2.24) is 0 Å². The fourth-order valence-electron chi connectivity index (χ4n) is 3.01. The molecule has 1 aliphatic rings. The Hall–Kier alpha value is -1.92. The van der Waals surface area contributed by atoms with Crippen molar-refractivity contribution in [1.29, 1.82) is 0 Å². The molecule has 3 atom stereocenters. The summed E-state index contributed by atoms with van der Waals surface area (Å²) in [5.74, 6) is -0.829. The first-order valence-electron chi connectivity index (χ1n) is 11.6. The Bertz CT molecular complexity index is 581. The van der Waals surface area contributed by atoms with Gasteiger partial charge in [0.2, 0.25) is 0 Å². The maximum absolute atomic E-state index is 11.6. The van der Waals surface area contributed by atoms with Crippen LogP contribution in [0.1, 0.15) is 78.1 Å². The number of rotatable bonds is 18. The zero-order valence-electron chi connectivity index (χ0n) is 19.2. The molecule has 1 aliphatic heterocycles. The summed E-state index contributed by atoms with van der Waals surface area (Å²) in [6.45, 7) is 3.16. The van der Waals surface area contributed by atoms with E-state index in [0.717, 1.165) is 25.7 Å². The zero-order chi connectivity index (χ0) is 22.7. The lowest BCUT2D eigenvalue weighted by molar-refractivity contribution is -0.151. The molecule has 0 bridgehead atoms. The van der Waals surface area contributed by atoms with E-state index in [1.807, 2.05) is 0 Å². The molecule has 6 heteroatoms. The van der Waals surface area contributed by atoms with Gasteiger partial charge >= 0.3 is 11.9 Å². The normalized spacial score (nSPS) is 19.3. The largest absolute Gasteiger partial charge is 0.463 e. The number of unbranched alkanes of at least 4 members (excludes halogenated alkanes) is 3. The molecule has 1 saturated heterocycles. The lowest BCUT2D eigenvalue weighted by atomic mass is 10.1. The molecule has 0 amide bonds. The average molecular weight is 437 g/mol. The van der Waals surface area contributed by atoms with Crippen molar-refractivity contribution < 1.29 is 28.9 Å². The molecule has 0 spiro atoms. The predicted molar refractivity (Wildman–Crippen MR) is 122 cm³/mol. The highest BCUT2D eigenvalue weighted by Gasteiger charge is 2.36. The minimum absolute atomic E-state index is 0.158. The second-order valence-electron chi connectivity index (χ2n) is 7.86. The zero-order valence-corrected chi connectivity index (χ0v) is 19.2. The van der Waals surface area contributed by atoms with Gasteiger partial charge in [0.05, 0.1) is 12.2 Å². The molecule has 6 nitrogen and oxygen atoms in total. The van der Waals surface area contributed by atoms with Crippen molar-refractivity contribution in [3.63, 3.8) is 0 Å². The quantitative estimate of drug-likeness (QED) is 0.144.